The Morgan fingerprint density at radius 2 is 1.87 bits per heavy atom. The maximum atomic E-state index is 13.5. The standard InChI is InChI=1S/C22H19Cl2N3O3/c1-26-17-7-4-3-6-15(17)19(28)18-21(26)25-20(14-9-8-13(23)12-16(14)24)27(22(18)29)10-5-11-30-2/h3-4,6-9,12H,5,10-11H2,1-2H3. The van der Waals surface area contributed by atoms with Crippen molar-refractivity contribution in [3.05, 3.63) is 73.1 Å². The molecule has 0 fully saturated rings. The van der Waals surface area contributed by atoms with E-state index in [-0.39, 0.29) is 10.8 Å². The van der Waals surface area contributed by atoms with Crippen molar-refractivity contribution in [3.8, 4) is 11.4 Å². The summed E-state index contributed by atoms with van der Waals surface area (Å²) >= 11 is 12.5. The second-order valence-corrected chi connectivity index (χ2v) is 7.81. The van der Waals surface area contributed by atoms with Gasteiger partial charge in [0.2, 0.25) is 5.43 Å². The molecular weight excluding hydrogens is 425 g/mol. The van der Waals surface area contributed by atoms with Crippen LogP contribution in [0.5, 0.6) is 0 Å². The molecule has 6 nitrogen and oxygen atoms in total. The van der Waals surface area contributed by atoms with Gasteiger partial charge in [0.25, 0.3) is 5.56 Å². The Hall–Kier alpha value is -2.67. The van der Waals surface area contributed by atoms with Crippen molar-refractivity contribution in [2.45, 2.75) is 13.0 Å². The molecule has 0 aliphatic rings. The third-order valence-corrected chi connectivity index (χ3v) is 5.65. The van der Waals surface area contributed by atoms with E-state index in [1.165, 1.54) is 4.57 Å². The SMILES string of the molecule is COCCCn1c(-c2ccc(Cl)cc2Cl)nc2c(c(=O)c3ccccc3n2C)c1=O. The fourth-order valence-electron chi connectivity index (χ4n) is 3.64. The first-order valence-electron chi connectivity index (χ1n) is 9.40. The van der Waals surface area contributed by atoms with Crippen LogP contribution in [0, 0.1) is 0 Å². The van der Waals surface area contributed by atoms with E-state index < -0.39 is 5.56 Å². The summed E-state index contributed by atoms with van der Waals surface area (Å²) in [5.74, 6) is 0.385. The Labute approximate surface area is 182 Å². The van der Waals surface area contributed by atoms with Crippen molar-refractivity contribution in [3.63, 3.8) is 0 Å². The lowest BCUT2D eigenvalue weighted by molar-refractivity contribution is 0.190. The number of pyridine rings is 1. The average Bonchev–Trinajstić information content (AvgIpc) is 2.73. The maximum Gasteiger partial charge on any atom is 0.267 e. The number of benzene rings is 2. The number of fused-ring (bicyclic) bond motifs is 2. The highest BCUT2D eigenvalue weighted by Gasteiger charge is 2.20. The van der Waals surface area contributed by atoms with Gasteiger partial charge in [-0.3, -0.25) is 14.2 Å². The summed E-state index contributed by atoms with van der Waals surface area (Å²) < 4.78 is 8.39. The summed E-state index contributed by atoms with van der Waals surface area (Å²) in [6.07, 6.45) is 0.579. The molecule has 0 atom stereocenters. The topological polar surface area (TPSA) is 66.1 Å². The third kappa shape index (κ3) is 3.41. The zero-order valence-corrected chi connectivity index (χ0v) is 18.0. The number of ether oxygens (including phenoxy) is 1. The van der Waals surface area contributed by atoms with E-state index in [4.69, 9.17) is 32.9 Å². The lowest BCUT2D eigenvalue weighted by atomic mass is 10.1. The molecule has 0 aliphatic carbocycles. The van der Waals surface area contributed by atoms with E-state index in [1.807, 2.05) is 12.1 Å². The zero-order chi connectivity index (χ0) is 21.4. The lowest BCUT2D eigenvalue weighted by Crippen LogP contribution is -2.29. The van der Waals surface area contributed by atoms with Gasteiger partial charge < -0.3 is 9.30 Å². The van der Waals surface area contributed by atoms with Gasteiger partial charge in [-0.05, 0) is 36.8 Å². The second kappa shape index (κ2) is 8.22. The first-order chi connectivity index (χ1) is 14.4. The van der Waals surface area contributed by atoms with Crippen molar-refractivity contribution in [1.29, 1.82) is 0 Å². The van der Waals surface area contributed by atoms with Crippen LogP contribution >= 0.6 is 23.2 Å². The number of nitrogens with zero attached hydrogens (tertiary/aromatic N) is 3. The van der Waals surface area contributed by atoms with Crippen LogP contribution in [0.15, 0.2) is 52.1 Å². The minimum absolute atomic E-state index is 0.0578. The molecule has 154 valence electrons. The van der Waals surface area contributed by atoms with Gasteiger partial charge in [0.05, 0.1) is 10.5 Å². The van der Waals surface area contributed by atoms with Gasteiger partial charge in [0.1, 0.15) is 11.2 Å². The Morgan fingerprint density at radius 1 is 1.10 bits per heavy atom. The molecule has 0 N–H and O–H groups in total. The van der Waals surface area contributed by atoms with E-state index in [2.05, 4.69) is 0 Å². The van der Waals surface area contributed by atoms with E-state index in [1.54, 1.807) is 49.1 Å². The fourth-order valence-corrected chi connectivity index (χ4v) is 4.14. The Morgan fingerprint density at radius 3 is 2.60 bits per heavy atom. The number of hydrogen-bond donors (Lipinski definition) is 0. The van der Waals surface area contributed by atoms with E-state index in [0.717, 1.165) is 0 Å². The molecule has 0 radical (unpaired) electrons. The zero-order valence-electron chi connectivity index (χ0n) is 16.5. The van der Waals surface area contributed by atoms with Gasteiger partial charge in [0.15, 0.2) is 5.65 Å². The quantitative estimate of drug-likeness (QED) is 0.341. The number of halogens is 2. The highest BCUT2D eigenvalue weighted by atomic mass is 35.5. The first-order valence-corrected chi connectivity index (χ1v) is 10.2. The normalized spacial score (nSPS) is 11.5. The Bertz CT molecular complexity index is 1390. The summed E-state index contributed by atoms with van der Waals surface area (Å²) in [5, 5.41) is 1.39. The molecule has 4 rings (SSSR count). The van der Waals surface area contributed by atoms with E-state index in [9.17, 15) is 9.59 Å². The van der Waals surface area contributed by atoms with Gasteiger partial charge in [-0.1, -0.05) is 35.3 Å². The molecule has 2 aromatic heterocycles. The van der Waals surface area contributed by atoms with Crippen LogP contribution < -0.4 is 11.0 Å². The predicted octanol–water partition coefficient (Wildman–Crippen LogP) is 4.26. The molecule has 0 saturated carbocycles. The van der Waals surface area contributed by atoms with Crippen LogP contribution in [-0.4, -0.2) is 27.8 Å². The summed E-state index contributed by atoms with van der Waals surface area (Å²) in [7, 11) is 3.39. The molecule has 4 aromatic rings. The molecule has 30 heavy (non-hydrogen) atoms. The molecule has 0 amide bonds. The van der Waals surface area contributed by atoms with Crippen molar-refractivity contribution in [1.82, 2.24) is 14.1 Å². The van der Waals surface area contributed by atoms with Gasteiger partial charge in [-0.2, -0.15) is 0 Å². The molecule has 0 spiro atoms. The average molecular weight is 444 g/mol. The highest BCUT2D eigenvalue weighted by molar-refractivity contribution is 6.36. The van der Waals surface area contributed by atoms with Gasteiger partial charge >= 0.3 is 0 Å². The van der Waals surface area contributed by atoms with E-state index in [0.29, 0.717) is 57.6 Å². The molecule has 0 unspecified atom stereocenters. The van der Waals surface area contributed by atoms with E-state index >= 15 is 0 Å². The molecule has 2 heterocycles. The van der Waals surface area contributed by atoms with Gasteiger partial charge in [0, 0.05) is 43.3 Å². The summed E-state index contributed by atoms with van der Waals surface area (Å²) in [4.78, 5) is 31.4. The van der Waals surface area contributed by atoms with Crippen molar-refractivity contribution >= 4 is 45.1 Å². The summed E-state index contributed by atoms with van der Waals surface area (Å²) in [6, 6.07) is 12.2. The molecular formula is C22H19Cl2N3O3. The van der Waals surface area contributed by atoms with Gasteiger partial charge in [-0.25, -0.2) is 4.98 Å². The molecule has 8 heteroatoms. The molecule has 2 aromatic carbocycles. The summed E-state index contributed by atoms with van der Waals surface area (Å²) in [5.41, 5.74) is 0.854. The largest absolute Gasteiger partial charge is 0.385 e. The first kappa shape index (κ1) is 20.6. The minimum atomic E-state index is -0.400. The summed E-state index contributed by atoms with van der Waals surface area (Å²) in [6.45, 7) is 0.799. The third-order valence-electron chi connectivity index (χ3n) is 5.11. The van der Waals surface area contributed by atoms with Crippen molar-refractivity contribution < 1.29 is 4.74 Å². The predicted molar refractivity (Wildman–Crippen MR) is 121 cm³/mol. The number of aryl methyl sites for hydroxylation is 1. The smallest absolute Gasteiger partial charge is 0.267 e. The Balaban J connectivity index is 2.13. The monoisotopic (exact) mass is 443 g/mol. The molecule has 0 saturated heterocycles. The fraction of sp³-hybridized carbons (Fsp3) is 0.227. The van der Waals surface area contributed by atoms with Gasteiger partial charge in [-0.15, -0.1) is 0 Å². The lowest BCUT2D eigenvalue weighted by Gasteiger charge is -2.17. The van der Waals surface area contributed by atoms with Crippen LogP contribution in [0.25, 0.3) is 33.3 Å². The van der Waals surface area contributed by atoms with Crippen molar-refractivity contribution in [2.24, 2.45) is 7.05 Å². The molecule has 0 aliphatic heterocycles. The van der Waals surface area contributed by atoms with Crippen LogP contribution in [-0.2, 0) is 18.3 Å². The number of aromatic nitrogens is 3. The van der Waals surface area contributed by atoms with Crippen LogP contribution in [0.4, 0.5) is 0 Å². The number of methoxy groups -OCH3 is 1. The number of para-hydroxylation sites is 1. The van der Waals surface area contributed by atoms with Crippen molar-refractivity contribution in [2.75, 3.05) is 13.7 Å². The number of rotatable bonds is 5. The highest BCUT2D eigenvalue weighted by Crippen LogP contribution is 2.29. The van der Waals surface area contributed by atoms with Crippen LogP contribution in [0.3, 0.4) is 0 Å². The minimum Gasteiger partial charge on any atom is -0.385 e. The second-order valence-electron chi connectivity index (χ2n) is 6.97. The maximum absolute atomic E-state index is 13.5. The molecule has 0 bridgehead atoms. The Kier molecular flexibility index (Phi) is 5.64. The number of hydrogen-bond acceptors (Lipinski definition) is 4. The van der Waals surface area contributed by atoms with Crippen LogP contribution in [0.1, 0.15) is 6.42 Å². The van der Waals surface area contributed by atoms with Crippen LogP contribution in [0.2, 0.25) is 10.0 Å².